The van der Waals surface area contributed by atoms with Gasteiger partial charge in [-0.3, -0.25) is 15.2 Å². The van der Waals surface area contributed by atoms with Gasteiger partial charge in [-0.05, 0) is 71.9 Å². The van der Waals surface area contributed by atoms with Gasteiger partial charge in [0, 0.05) is 23.0 Å². The van der Waals surface area contributed by atoms with Gasteiger partial charge in [0.05, 0.1) is 10.6 Å². The predicted molar refractivity (Wildman–Crippen MR) is 142 cm³/mol. The number of benzene rings is 2. The molecule has 0 aliphatic carbocycles. The fourth-order valence-electron chi connectivity index (χ4n) is 3.33. The molecular formula is C25H17Cl2N5O3S. The van der Waals surface area contributed by atoms with Crippen molar-refractivity contribution in [1.82, 2.24) is 9.99 Å². The maximum absolute atomic E-state index is 12.7. The molecule has 3 heterocycles. The van der Waals surface area contributed by atoms with Gasteiger partial charge in [0.15, 0.2) is 5.84 Å². The summed E-state index contributed by atoms with van der Waals surface area (Å²) < 4.78 is 11.3. The fourth-order valence-corrected chi connectivity index (χ4v) is 4.58. The van der Waals surface area contributed by atoms with Crippen molar-refractivity contribution >= 4 is 63.0 Å². The highest BCUT2D eigenvalue weighted by atomic mass is 35.5. The number of fused-ring (bicyclic) bond motifs is 1. The summed E-state index contributed by atoms with van der Waals surface area (Å²) in [5.41, 5.74) is 1.52. The Bertz CT molecular complexity index is 1430. The van der Waals surface area contributed by atoms with Crippen LogP contribution in [-0.4, -0.2) is 45.2 Å². The Balaban J connectivity index is 1.25. The van der Waals surface area contributed by atoms with E-state index in [1.807, 2.05) is 6.07 Å². The topological polar surface area (TPSA) is 100 Å². The van der Waals surface area contributed by atoms with Crippen molar-refractivity contribution in [2.75, 3.05) is 13.2 Å². The number of halogens is 2. The van der Waals surface area contributed by atoms with E-state index in [-0.39, 0.29) is 18.0 Å². The third-order valence-corrected chi connectivity index (χ3v) is 6.56. The Kier molecular flexibility index (Phi) is 7.04. The summed E-state index contributed by atoms with van der Waals surface area (Å²) in [7, 11) is 0. The second-order valence-corrected chi connectivity index (χ2v) is 9.31. The lowest BCUT2D eigenvalue weighted by Crippen LogP contribution is -2.35. The van der Waals surface area contributed by atoms with Crippen LogP contribution in [0.3, 0.4) is 0 Å². The first kappa shape index (κ1) is 24.1. The van der Waals surface area contributed by atoms with Crippen LogP contribution in [0.15, 0.2) is 82.7 Å². The van der Waals surface area contributed by atoms with Gasteiger partial charge in [-0.25, -0.2) is 0 Å². The molecule has 2 aromatic carbocycles. The van der Waals surface area contributed by atoms with Crippen molar-refractivity contribution < 1.29 is 14.3 Å². The third-order valence-electron chi connectivity index (χ3n) is 5.05. The van der Waals surface area contributed by atoms with E-state index >= 15 is 0 Å². The number of aliphatic imine (C=N–C) groups is 1. The van der Waals surface area contributed by atoms with Gasteiger partial charge in [0.2, 0.25) is 5.17 Å². The zero-order valence-corrected chi connectivity index (χ0v) is 20.8. The summed E-state index contributed by atoms with van der Waals surface area (Å²) >= 11 is 13.5. The SMILES string of the molecule is N=C1/C(=C/c2ccc(OCCOc3ccc(Cl)cc3)c(Cl)c2)C(=O)N=C2SC(c3cccnc3)=NN12. The van der Waals surface area contributed by atoms with Crippen LogP contribution < -0.4 is 9.47 Å². The standard InChI is InChI=1S/C25H17Cl2N5O3S/c26-17-4-6-18(7-5-17)34-10-11-35-21-8-3-15(13-20(21)27)12-19-22(28)32-25(30-23(19)33)36-24(31-32)16-2-1-9-29-14-16/h1-9,12-14,28H,10-11H2/b19-12-,28-22?. The number of pyridine rings is 1. The van der Waals surface area contributed by atoms with Crippen molar-refractivity contribution in [3.8, 4) is 11.5 Å². The van der Waals surface area contributed by atoms with Crippen LogP contribution in [0.4, 0.5) is 0 Å². The van der Waals surface area contributed by atoms with Crippen LogP contribution in [0.2, 0.25) is 10.0 Å². The molecule has 0 fully saturated rings. The molecule has 0 unspecified atom stereocenters. The number of hydrogen-bond acceptors (Lipinski definition) is 7. The lowest BCUT2D eigenvalue weighted by atomic mass is 10.1. The van der Waals surface area contributed by atoms with Crippen molar-refractivity contribution in [1.29, 1.82) is 5.41 Å². The van der Waals surface area contributed by atoms with Gasteiger partial charge in [0.1, 0.15) is 29.8 Å². The molecule has 0 atom stereocenters. The Labute approximate surface area is 220 Å². The molecule has 36 heavy (non-hydrogen) atoms. The van der Waals surface area contributed by atoms with Gasteiger partial charge < -0.3 is 9.47 Å². The van der Waals surface area contributed by atoms with E-state index in [0.29, 0.717) is 43.9 Å². The minimum atomic E-state index is -0.516. The molecule has 180 valence electrons. The molecule has 1 aromatic heterocycles. The largest absolute Gasteiger partial charge is 0.490 e. The van der Waals surface area contributed by atoms with E-state index < -0.39 is 5.91 Å². The van der Waals surface area contributed by atoms with Crippen LogP contribution in [0.25, 0.3) is 6.08 Å². The highest BCUT2D eigenvalue weighted by molar-refractivity contribution is 8.27. The number of amides is 1. The number of ether oxygens (including phenoxy) is 2. The Hall–Kier alpha value is -3.66. The van der Waals surface area contributed by atoms with E-state index in [1.54, 1.807) is 67.0 Å². The number of hydrazone groups is 1. The summed E-state index contributed by atoms with van der Waals surface area (Å²) in [4.78, 5) is 20.9. The molecule has 0 spiro atoms. The lowest BCUT2D eigenvalue weighted by Gasteiger charge is -2.20. The molecule has 2 aliphatic heterocycles. The van der Waals surface area contributed by atoms with Gasteiger partial charge in [0.25, 0.3) is 5.91 Å². The molecule has 2 aliphatic rings. The van der Waals surface area contributed by atoms with Crippen molar-refractivity contribution in [3.05, 3.63) is 93.7 Å². The summed E-state index contributed by atoms with van der Waals surface area (Å²) in [5, 5.41) is 16.3. The summed E-state index contributed by atoms with van der Waals surface area (Å²) in [5.74, 6) is 0.588. The number of aromatic nitrogens is 1. The van der Waals surface area contributed by atoms with Gasteiger partial charge in [-0.15, -0.1) is 0 Å². The molecule has 11 heteroatoms. The van der Waals surface area contributed by atoms with E-state index in [9.17, 15) is 4.79 Å². The molecule has 0 radical (unpaired) electrons. The smallest absolute Gasteiger partial charge is 0.283 e. The zero-order chi connectivity index (χ0) is 25.1. The number of nitrogens with zero attached hydrogens (tertiary/aromatic N) is 4. The van der Waals surface area contributed by atoms with Crippen LogP contribution in [0, 0.1) is 5.41 Å². The minimum absolute atomic E-state index is 0.0628. The highest BCUT2D eigenvalue weighted by Gasteiger charge is 2.36. The number of hydrogen-bond donors (Lipinski definition) is 1. The van der Waals surface area contributed by atoms with Gasteiger partial charge >= 0.3 is 0 Å². The fraction of sp³-hybridized carbons (Fsp3) is 0.0800. The van der Waals surface area contributed by atoms with Crippen LogP contribution in [0.5, 0.6) is 11.5 Å². The molecule has 0 saturated heterocycles. The maximum Gasteiger partial charge on any atom is 0.283 e. The predicted octanol–water partition coefficient (Wildman–Crippen LogP) is 5.51. The molecule has 1 N–H and O–H groups in total. The lowest BCUT2D eigenvalue weighted by molar-refractivity contribution is -0.114. The first-order valence-electron chi connectivity index (χ1n) is 10.7. The van der Waals surface area contributed by atoms with Crippen molar-refractivity contribution in [2.45, 2.75) is 0 Å². The molecule has 1 amide bonds. The van der Waals surface area contributed by atoms with Crippen LogP contribution >= 0.6 is 35.0 Å². The van der Waals surface area contributed by atoms with Crippen molar-refractivity contribution in [2.24, 2.45) is 10.1 Å². The summed E-state index contributed by atoms with van der Waals surface area (Å²) in [6.45, 7) is 0.610. The molecular weight excluding hydrogens is 521 g/mol. The average Bonchev–Trinajstić information content (AvgIpc) is 3.31. The minimum Gasteiger partial charge on any atom is -0.490 e. The van der Waals surface area contributed by atoms with E-state index in [2.05, 4.69) is 15.1 Å². The molecule has 0 bridgehead atoms. The Morgan fingerprint density at radius 2 is 1.86 bits per heavy atom. The van der Waals surface area contributed by atoms with Crippen LogP contribution in [0.1, 0.15) is 11.1 Å². The van der Waals surface area contributed by atoms with E-state index in [4.69, 9.17) is 38.1 Å². The normalized spacial score (nSPS) is 16.1. The summed E-state index contributed by atoms with van der Waals surface area (Å²) in [6, 6.07) is 15.8. The number of rotatable bonds is 7. The summed E-state index contributed by atoms with van der Waals surface area (Å²) in [6.07, 6.45) is 4.90. The van der Waals surface area contributed by atoms with E-state index in [0.717, 1.165) is 5.56 Å². The highest BCUT2D eigenvalue weighted by Crippen LogP contribution is 2.32. The second kappa shape index (κ2) is 10.5. The van der Waals surface area contributed by atoms with Crippen molar-refractivity contribution in [3.63, 3.8) is 0 Å². The number of nitrogens with one attached hydrogen (secondary N) is 1. The second-order valence-electron chi connectivity index (χ2n) is 7.51. The monoisotopic (exact) mass is 537 g/mol. The number of carbonyl (C=O) groups is 1. The molecule has 5 rings (SSSR count). The zero-order valence-electron chi connectivity index (χ0n) is 18.5. The molecule has 0 saturated carbocycles. The first-order valence-corrected chi connectivity index (χ1v) is 12.3. The Morgan fingerprint density at radius 3 is 2.61 bits per heavy atom. The third kappa shape index (κ3) is 5.28. The first-order chi connectivity index (χ1) is 17.5. The quantitative estimate of drug-likeness (QED) is 0.315. The van der Waals surface area contributed by atoms with E-state index in [1.165, 1.54) is 16.8 Å². The van der Waals surface area contributed by atoms with Gasteiger partial charge in [-0.1, -0.05) is 29.3 Å². The van der Waals surface area contributed by atoms with Gasteiger partial charge in [-0.2, -0.15) is 15.1 Å². The Morgan fingerprint density at radius 1 is 1.06 bits per heavy atom. The number of thioether (sulfide) groups is 1. The maximum atomic E-state index is 12.7. The molecule has 8 nitrogen and oxygen atoms in total. The number of carbonyl (C=O) groups excluding carboxylic acids is 1. The molecule has 3 aromatic rings. The van der Waals surface area contributed by atoms with Crippen LogP contribution in [-0.2, 0) is 4.79 Å². The average molecular weight is 538 g/mol. The number of amidine groups is 2.